The normalized spacial score (nSPS) is 22.3. The van der Waals surface area contributed by atoms with E-state index in [2.05, 4.69) is 21.7 Å². The second-order valence-electron chi connectivity index (χ2n) is 8.78. The molecule has 2 aliphatic rings. The third-order valence-electron chi connectivity index (χ3n) is 6.59. The van der Waals surface area contributed by atoms with Crippen LogP contribution in [0.2, 0.25) is 10.0 Å². The molecule has 7 heteroatoms. The molecule has 0 amide bonds. The fourth-order valence-electron chi connectivity index (χ4n) is 4.52. The van der Waals surface area contributed by atoms with Crippen molar-refractivity contribution in [2.75, 3.05) is 36.9 Å². The van der Waals surface area contributed by atoms with Gasteiger partial charge in [-0.3, -0.25) is 0 Å². The van der Waals surface area contributed by atoms with Crippen molar-refractivity contribution in [3.05, 3.63) is 40.5 Å². The van der Waals surface area contributed by atoms with Crippen molar-refractivity contribution in [2.45, 2.75) is 44.6 Å². The molecule has 168 valence electrons. The predicted octanol–water partition coefficient (Wildman–Crippen LogP) is 5.82. The molecule has 0 radical (unpaired) electrons. The van der Waals surface area contributed by atoms with E-state index >= 15 is 0 Å². The zero-order valence-corrected chi connectivity index (χ0v) is 19.4. The first kappa shape index (κ1) is 22.7. The number of ether oxygens (including phenoxy) is 1. The molecule has 1 aliphatic heterocycles. The van der Waals surface area contributed by atoms with Crippen molar-refractivity contribution < 1.29 is 4.74 Å². The van der Waals surface area contributed by atoms with E-state index in [9.17, 15) is 0 Å². The summed E-state index contributed by atoms with van der Waals surface area (Å²) in [6.45, 7) is 3.37. The Balaban J connectivity index is 1.46. The zero-order chi connectivity index (χ0) is 21.6. The van der Waals surface area contributed by atoms with E-state index in [0.717, 1.165) is 79.6 Å². The van der Waals surface area contributed by atoms with E-state index in [1.54, 1.807) is 6.20 Å². The van der Waals surface area contributed by atoms with Crippen molar-refractivity contribution in [3.63, 3.8) is 0 Å². The van der Waals surface area contributed by atoms with Crippen LogP contribution in [0.15, 0.2) is 30.5 Å². The summed E-state index contributed by atoms with van der Waals surface area (Å²) in [4.78, 5) is 4.51. The maximum atomic E-state index is 6.53. The van der Waals surface area contributed by atoms with Gasteiger partial charge in [0.15, 0.2) is 0 Å². The standard InChI is InChI=1S/C24H32Cl2N4O/c25-21-6-3-18(11-23(21)28-14-17-7-9-31-10-8-17)20-12-24(29-15-22(20)26)30-19-4-1-16(13-27)2-5-19/h3,6,11-12,15-17,19,28H,1-2,4-5,7-10,13-14,27H2,(H,29,30)/t16-,19-. The van der Waals surface area contributed by atoms with Gasteiger partial charge in [0, 0.05) is 37.6 Å². The van der Waals surface area contributed by atoms with E-state index in [-0.39, 0.29) is 0 Å². The van der Waals surface area contributed by atoms with Crippen LogP contribution >= 0.6 is 23.2 Å². The molecule has 1 saturated carbocycles. The molecule has 2 fully saturated rings. The Labute approximate surface area is 195 Å². The monoisotopic (exact) mass is 462 g/mol. The second kappa shape index (κ2) is 10.9. The molecule has 31 heavy (non-hydrogen) atoms. The van der Waals surface area contributed by atoms with E-state index in [4.69, 9.17) is 33.7 Å². The molecular formula is C24H32Cl2N4O. The summed E-state index contributed by atoms with van der Waals surface area (Å²) < 4.78 is 5.46. The topological polar surface area (TPSA) is 72.2 Å². The van der Waals surface area contributed by atoms with Gasteiger partial charge in [0.05, 0.1) is 15.7 Å². The Morgan fingerprint density at radius 3 is 2.48 bits per heavy atom. The lowest BCUT2D eigenvalue weighted by atomic mass is 9.86. The van der Waals surface area contributed by atoms with Gasteiger partial charge in [-0.1, -0.05) is 29.3 Å². The van der Waals surface area contributed by atoms with Gasteiger partial charge < -0.3 is 21.1 Å². The second-order valence-corrected chi connectivity index (χ2v) is 9.59. The molecular weight excluding hydrogens is 431 g/mol. The maximum absolute atomic E-state index is 6.53. The van der Waals surface area contributed by atoms with Crippen molar-refractivity contribution in [1.82, 2.24) is 4.98 Å². The van der Waals surface area contributed by atoms with Gasteiger partial charge in [0.1, 0.15) is 5.82 Å². The van der Waals surface area contributed by atoms with E-state index in [1.807, 2.05) is 18.2 Å². The fraction of sp³-hybridized carbons (Fsp3) is 0.542. The lowest BCUT2D eigenvalue weighted by Gasteiger charge is -2.28. The first-order valence-corrected chi connectivity index (χ1v) is 12.1. The molecule has 0 bridgehead atoms. The summed E-state index contributed by atoms with van der Waals surface area (Å²) in [6.07, 6.45) is 8.51. The van der Waals surface area contributed by atoms with Crippen molar-refractivity contribution in [2.24, 2.45) is 17.6 Å². The van der Waals surface area contributed by atoms with E-state index in [1.165, 1.54) is 12.8 Å². The van der Waals surface area contributed by atoms with Crippen LogP contribution in [0.5, 0.6) is 0 Å². The lowest BCUT2D eigenvalue weighted by Crippen LogP contribution is -2.29. The highest BCUT2D eigenvalue weighted by Gasteiger charge is 2.21. The molecule has 1 aromatic carbocycles. The summed E-state index contributed by atoms with van der Waals surface area (Å²) in [5.74, 6) is 2.14. The van der Waals surface area contributed by atoms with Crippen LogP contribution in [0.3, 0.4) is 0 Å². The van der Waals surface area contributed by atoms with Crippen LogP contribution in [0.1, 0.15) is 38.5 Å². The van der Waals surface area contributed by atoms with Crippen molar-refractivity contribution in [3.8, 4) is 11.1 Å². The fourth-order valence-corrected chi connectivity index (χ4v) is 4.92. The van der Waals surface area contributed by atoms with Gasteiger partial charge in [-0.15, -0.1) is 0 Å². The zero-order valence-electron chi connectivity index (χ0n) is 17.9. The van der Waals surface area contributed by atoms with E-state index in [0.29, 0.717) is 22.9 Å². The number of nitrogens with two attached hydrogens (primary N) is 1. The quantitative estimate of drug-likeness (QED) is 0.482. The van der Waals surface area contributed by atoms with Crippen LogP contribution in [-0.2, 0) is 4.74 Å². The Kier molecular flexibility index (Phi) is 7.94. The van der Waals surface area contributed by atoms with Crippen LogP contribution in [0.25, 0.3) is 11.1 Å². The molecule has 2 heterocycles. The molecule has 1 aliphatic carbocycles. The summed E-state index contributed by atoms with van der Waals surface area (Å²) in [5.41, 5.74) is 8.75. The minimum absolute atomic E-state index is 0.436. The molecule has 4 N–H and O–H groups in total. The number of anilines is 2. The highest BCUT2D eigenvalue weighted by Crippen LogP contribution is 2.35. The average Bonchev–Trinajstić information content (AvgIpc) is 2.81. The number of nitrogens with one attached hydrogen (secondary N) is 2. The van der Waals surface area contributed by atoms with Gasteiger partial charge in [-0.25, -0.2) is 4.98 Å². The minimum atomic E-state index is 0.436. The van der Waals surface area contributed by atoms with Crippen LogP contribution in [0, 0.1) is 11.8 Å². The summed E-state index contributed by atoms with van der Waals surface area (Å²) in [5, 5.41) is 8.48. The SMILES string of the molecule is NC[C@H]1CC[C@H](Nc2cc(-c3ccc(Cl)c(NCC4CCOCC4)c3)c(Cl)cn2)CC1. The molecule has 5 nitrogen and oxygen atoms in total. The third kappa shape index (κ3) is 6.04. The lowest BCUT2D eigenvalue weighted by molar-refractivity contribution is 0.0699. The van der Waals surface area contributed by atoms with E-state index < -0.39 is 0 Å². The van der Waals surface area contributed by atoms with Gasteiger partial charge in [-0.05, 0) is 80.7 Å². The van der Waals surface area contributed by atoms with Crippen LogP contribution < -0.4 is 16.4 Å². The predicted molar refractivity (Wildman–Crippen MR) is 130 cm³/mol. The highest BCUT2D eigenvalue weighted by molar-refractivity contribution is 6.34. The average molecular weight is 463 g/mol. The summed E-state index contributed by atoms with van der Waals surface area (Å²) in [7, 11) is 0. The van der Waals surface area contributed by atoms with Gasteiger partial charge in [-0.2, -0.15) is 0 Å². The first-order valence-electron chi connectivity index (χ1n) is 11.4. The number of aromatic nitrogens is 1. The Hall–Kier alpha value is -1.53. The largest absolute Gasteiger partial charge is 0.384 e. The summed E-state index contributed by atoms with van der Waals surface area (Å²) in [6, 6.07) is 8.51. The Morgan fingerprint density at radius 2 is 1.74 bits per heavy atom. The van der Waals surface area contributed by atoms with Crippen LogP contribution in [-0.4, -0.2) is 37.3 Å². The highest BCUT2D eigenvalue weighted by atomic mass is 35.5. The van der Waals surface area contributed by atoms with Crippen LogP contribution in [0.4, 0.5) is 11.5 Å². The number of hydrogen-bond donors (Lipinski definition) is 3. The first-order chi connectivity index (χ1) is 15.1. The number of nitrogens with zero attached hydrogens (tertiary/aromatic N) is 1. The number of hydrogen-bond acceptors (Lipinski definition) is 5. The van der Waals surface area contributed by atoms with Crippen molar-refractivity contribution in [1.29, 1.82) is 0 Å². The molecule has 1 saturated heterocycles. The number of halogens is 2. The van der Waals surface area contributed by atoms with Gasteiger partial charge in [0.2, 0.25) is 0 Å². The molecule has 4 rings (SSSR count). The molecule has 0 spiro atoms. The Bertz CT molecular complexity index is 865. The number of rotatable bonds is 7. The third-order valence-corrected chi connectivity index (χ3v) is 7.22. The summed E-state index contributed by atoms with van der Waals surface area (Å²) >= 11 is 13.0. The van der Waals surface area contributed by atoms with Gasteiger partial charge in [0.25, 0.3) is 0 Å². The number of benzene rings is 1. The van der Waals surface area contributed by atoms with Crippen molar-refractivity contribution >= 4 is 34.7 Å². The smallest absolute Gasteiger partial charge is 0.126 e. The molecule has 1 aromatic heterocycles. The number of pyridine rings is 1. The van der Waals surface area contributed by atoms with Gasteiger partial charge >= 0.3 is 0 Å². The molecule has 2 aromatic rings. The molecule has 0 atom stereocenters. The minimum Gasteiger partial charge on any atom is -0.384 e. The Morgan fingerprint density at radius 1 is 0.968 bits per heavy atom. The maximum Gasteiger partial charge on any atom is 0.126 e. The molecule has 0 unspecified atom stereocenters.